The summed E-state index contributed by atoms with van der Waals surface area (Å²) in [6, 6.07) is 0. The van der Waals surface area contributed by atoms with Crippen LogP contribution in [0, 0.1) is 12.3 Å². The van der Waals surface area contributed by atoms with Crippen LogP contribution in [0.3, 0.4) is 0 Å². The van der Waals surface area contributed by atoms with E-state index in [1.165, 1.54) is 0 Å². The number of esters is 1. The molecule has 0 saturated heterocycles. The zero-order valence-electron chi connectivity index (χ0n) is 6.06. The molecule has 0 fully saturated rings. The van der Waals surface area contributed by atoms with E-state index < -0.39 is 4.32 Å². The van der Waals surface area contributed by atoms with Crippen molar-refractivity contribution in [2.24, 2.45) is 0 Å². The van der Waals surface area contributed by atoms with Crippen molar-refractivity contribution in [1.82, 2.24) is 0 Å². The minimum Gasteiger partial charge on any atom is -0.451 e. The third-order valence-electron chi connectivity index (χ3n) is 0.963. The van der Waals surface area contributed by atoms with Crippen molar-refractivity contribution in [2.75, 3.05) is 11.9 Å². The van der Waals surface area contributed by atoms with Crippen molar-refractivity contribution in [2.45, 2.75) is 11.2 Å². The zero-order chi connectivity index (χ0) is 8.91. The first-order valence-electron chi connectivity index (χ1n) is 2.90. The topological polar surface area (TPSA) is 26.3 Å². The van der Waals surface area contributed by atoms with E-state index in [-0.39, 0.29) is 12.6 Å². The van der Waals surface area contributed by atoms with E-state index in [1.807, 2.05) is 0 Å². The predicted octanol–water partition coefficient (Wildman–Crippen LogP) is 1.71. The zero-order valence-corrected chi connectivity index (χ0v) is 9.24. The van der Waals surface area contributed by atoms with Gasteiger partial charge in [0.15, 0.2) is 6.61 Å². The summed E-state index contributed by atoms with van der Waals surface area (Å²) in [5, 5.41) is 0.489. The van der Waals surface area contributed by atoms with Crippen molar-refractivity contribution in [3.05, 3.63) is 0 Å². The molecule has 1 atom stereocenters. The van der Waals surface area contributed by atoms with Crippen LogP contribution in [0.25, 0.3) is 0 Å². The van der Waals surface area contributed by atoms with Crippen molar-refractivity contribution in [1.29, 1.82) is 0 Å². The molecule has 0 saturated carbocycles. The molecule has 0 spiro atoms. The molecular formula is C7H8Br2O2. The third-order valence-corrected chi connectivity index (χ3v) is 3.44. The molecule has 2 nitrogen and oxygen atoms in total. The van der Waals surface area contributed by atoms with E-state index in [9.17, 15) is 4.79 Å². The quantitative estimate of drug-likeness (QED) is 0.448. The Morgan fingerprint density at radius 1 is 1.82 bits per heavy atom. The molecule has 0 amide bonds. The first kappa shape index (κ1) is 11.0. The first-order valence-corrected chi connectivity index (χ1v) is 4.81. The van der Waals surface area contributed by atoms with Gasteiger partial charge in [0, 0.05) is 5.33 Å². The van der Waals surface area contributed by atoms with Gasteiger partial charge in [-0.2, -0.15) is 0 Å². The summed E-state index contributed by atoms with van der Waals surface area (Å²) >= 11 is 6.35. The SMILES string of the molecule is C#CCOC(=O)C(C)(Br)CBr. The minimum atomic E-state index is -0.677. The monoisotopic (exact) mass is 282 g/mol. The lowest BCUT2D eigenvalue weighted by molar-refractivity contribution is -0.143. The highest BCUT2D eigenvalue weighted by atomic mass is 79.9. The van der Waals surface area contributed by atoms with Gasteiger partial charge in [-0.1, -0.05) is 37.8 Å². The van der Waals surface area contributed by atoms with Gasteiger partial charge >= 0.3 is 5.97 Å². The van der Waals surface area contributed by atoms with E-state index in [1.54, 1.807) is 6.92 Å². The van der Waals surface area contributed by atoms with Gasteiger partial charge in [-0.05, 0) is 6.92 Å². The molecular weight excluding hydrogens is 276 g/mol. The molecule has 0 aromatic rings. The fourth-order valence-electron chi connectivity index (χ4n) is 0.312. The molecule has 1 unspecified atom stereocenters. The molecule has 0 N–H and O–H groups in total. The second-order valence-corrected chi connectivity index (χ2v) is 4.42. The molecule has 0 aliphatic carbocycles. The molecule has 0 bridgehead atoms. The smallest absolute Gasteiger partial charge is 0.324 e. The predicted molar refractivity (Wildman–Crippen MR) is 50.9 cm³/mol. The lowest BCUT2D eigenvalue weighted by Gasteiger charge is -2.15. The van der Waals surface area contributed by atoms with E-state index in [0.717, 1.165) is 0 Å². The van der Waals surface area contributed by atoms with E-state index >= 15 is 0 Å². The first-order chi connectivity index (χ1) is 5.04. The number of carbonyl (C=O) groups is 1. The van der Waals surface area contributed by atoms with Crippen molar-refractivity contribution in [3.8, 4) is 12.3 Å². The summed E-state index contributed by atoms with van der Waals surface area (Å²) in [6.07, 6.45) is 4.91. The number of hydrogen-bond donors (Lipinski definition) is 0. The molecule has 4 heteroatoms. The Labute approximate surface area is 82.9 Å². The summed E-state index contributed by atoms with van der Waals surface area (Å²) in [5.74, 6) is 1.86. The molecule has 0 radical (unpaired) electrons. The van der Waals surface area contributed by atoms with Gasteiger partial charge in [-0.15, -0.1) is 6.42 Å². The maximum Gasteiger partial charge on any atom is 0.324 e. The Balaban J connectivity index is 3.94. The summed E-state index contributed by atoms with van der Waals surface area (Å²) < 4.78 is 4.02. The maximum absolute atomic E-state index is 11.1. The summed E-state index contributed by atoms with van der Waals surface area (Å²) in [5.41, 5.74) is 0. The van der Waals surface area contributed by atoms with Crippen LogP contribution < -0.4 is 0 Å². The number of terminal acetylenes is 1. The molecule has 62 valence electrons. The Bertz CT molecular complexity index is 181. The van der Waals surface area contributed by atoms with Gasteiger partial charge in [-0.25, -0.2) is 0 Å². The van der Waals surface area contributed by atoms with Crippen LogP contribution in [0.1, 0.15) is 6.92 Å². The van der Waals surface area contributed by atoms with Gasteiger partial charge in [0.05, 0.1) is 0 Å². The molecule has 0 heterocycles. The highest BCUT2D eigenvalue weighted by Crippen LogP contribution is 2.21. The lowest BCUT2D eigenvalue weighted by atomic mass is 10.2. The van der Waals surface area contributed by atoms with Gasteiger partial charge < -0.3 is 4.74 Å². The van der Waals surface area contributed by atoms with Crippen LogP contribution in [0.15, 0.2) is 0 Å². The van der Waals surface area contributed by atoms with E-state index in [4.69, 9.17) is 11.2 Å². The van der Waals surface area contributed by atoms with Gasteiger partial charge in [-0.3, -0.25) is 4.79 Å². The molecule has 11 heavy (non-hydrogen) atoms. The highest BCUT2D eigenvalue weighted by Gasteiger charge is 2.30. The van der Waals surface area contributed by atoms with Crippen molar-refractivity contribution in [3.63, 3.8) is 0 Å². The Kier molecular flexibility index (Phi) is 4.78. The molecule has 0 aliphatic heterocycles. The third kappa shape index (κ3) is 3.78. The fraction of sp³-hybridized carbons (Fsp3) is 0.571. The Hall–Kier alpha value is -0.0100. The molecule has 0 aromatic heterocycles. The summed E-state index contributed by atoms with van der Waals surface area (Å²) in [7, 11) is 0. The Morgan fingerprint density at radius 3 is 2.73 bits per heavy atom. The van der Waals surface area contributed by atoms with Crippen molar-refractivity contribution >= 4 is 37.8 Å². The number of alkyl halides is 2. The normalized spacial score (nSPS) is 14.7. The maximum atomic E-state index is 11.1. The second kappa shape index (κ2) is 4.78. The fourth-order valence-corrected chi connectivity index (χ4v) is 0.656. The van der Waals surface area contributed by atoms with Crippen LogP contribution in [-0.2, 0) is 9.53 Å². The molecule has 0 rings (SSSR count). The summed E-state index contributed by atoms with van der Waals surface area (Å²) in [4.78, 5) is 11.1. The molecule has 0 aliphatic rings. The number of carbonyl (C=O) groups excluding carboxylic acids is 1. The largest absolute Gasteiger partial charge is 0.451 e. The number of ether oxygens (including phenoxy) is 1. The lowest BCUT2D eigenvalue weighted by Crippen LogP contribution is -2.32. The van der Waals surface area contributed by atoms with Gasteiger partial charge in [0.1, 0.15) is 4.32 Å². The highest BCUT2D eigenvalue weighted by molar-refractivity contribution is 9.12. The Morgan fingerprint density at radius 2 is 2.36 bits per heavy atom. The van der Waals surface area contributed by atoms with Gasteiger partial charge in [0.2, 0.25) is 0 Å². The van der Waals surface area contributed by atoms with Crippen LogP contribution in [-0.4, -0.2) is 22.2 Å². The van der Waals surface area contributed by atoms with Crippen LogP contribution >= 0.6 is 31.9 Å². The van der Waals surface area contributed by atoms with E-state index in [0.29, 0.717) is 5.33 Å². The van der Waals surface area contributed by atoms with Crippen LogP contribution in [0.4, 0.5) is 0 Å². The average Bonchev–Trinajstić information content (AvgIpc) is 2.00. The number of hydrogen-bond acceptors (Lipinski definition) is 2. The number of halogens is 2. The second-order valence-electron chi connectivity index (χ2n) is 2.11. The van der Waals surface area contributed by atoms with E-state index in [2.05, 4.69) is 37.8 Å². The van der Waals surface area contributed by atoms with Crippen LogP contribution in [0.5, 0.6) is 0 Å². The minimum absolute atomic E-state index is 0.0209. The number of rotatable bonds is 3. The van der Waals surface area contributed by atoms with Gasteiger partial charge in [0.25, 0.3) is 0 Å². The average molecular weight is 284 g/mol. The molecule has 0 aromatic carbocycles. The van der Waals surface area contributed by atoms with Crippen LogP contribution in [0.2, 0.25) is 0 Å². The van der Waals surface area contributed by atoms with Crippen molar-refractivity contribution < 1.29 is 9.53 Å². The summed E-state index contributed by atoms with van der Waals surface area (Å²) in [6.45, 7) is 1.73. The standard InChI is InChI=1S/C7H8Br2O2/c1-3-4-11-6(10)7(2,9)5-8/h1H,4-5H2,2H3.